The molecule has 4 heterocycles. The molecule has 2 fully saturated rings. The van der Waals surface area contributed by atoms with Crippen LogP contribution in [0.25, 0.3) is 11.2 Å². The fourth-order valence-electron chi connectivity index (χ4n) is 5.12. The van der Waals surface area contributed by atoms with Gasteiger partial charge in [0, 0.05) is 44.8 Å². The van der Waals surface area contributed by atoms with Crippen LogP contribution in [0.4, 0.5) is 5.95 Å². The summed E-state index contributed by atoms with van der Waals surface area (Å²) in [6, 6.07) is 9.04. The van der Waals surface area contributed by atoms with Crippen molar-refractivity contribution >= 4 is 22.9 Å². The number of hydrogen-bond acceptors (Lipinski definition) is 6. The van der Waals surface area contributed by atoms with E-state index in [9.17, 15) is 14.4 Å². The smallest absolute Gasteiger partial charge is 0.332 e. The number of hydrogen-bond donors (Lipinski definition) is 1. The summed E-state index contributed by atoms with van der Waals surface area (Å²) in [6.45, 7) is 6.91. The van der Waals surface area contributed by atoms with E-state index in [1.165, 1.54) is 4.57 Å². The maximum Gasteiger partial charge on any atom is 0.332 e. The highest BCUT2D eigenvalue weighted by molar-refractivity contribution is 5.95. The maximum absolute atomic E-state index is 13.7. The summed E-state index contributed by atoms with van der Waals surface area (Å²) in [7, 11) is 1.61. The van der Waals surface area contributed by atoms with Crippen molar-refractivity contribution in [2.45, 2.75) is 39.4 Å². The van der Waals surface area contributed by atoms with Crippen LogP contribution in [0.3, 0.4) is 0 Å². The van der Waals surface area contributed by atoms with Crippen molar-refractivity contribution in [3.8, 4) is 0 Å². The van der Waals surface area contributed by atoms with Gasteiger partial charge in [0.15, 0.2) is 16.9 Å². The fraction of sp³-hybridized carbons (Fsp3) is 0.440. The molecule has 5 rings (SSSR count). The zero-order valence-corrected chi connectivity index (χ0v) is 19.8. The number of aryl methyl sites for hydroxylation is 1. The standard InChI is InChI=1S/C25H30N6O3/c1-16(2)9-11-30-21-22(27-24(30)29-12-10-18-13-26-14-19(18)29)28(3)25(34)31(23(21)33)15-20(32)17-7-5-4-6-8-17/h4-9,18-19,26H,10-15H2,1-3H3/t18-,19+/m0/s1. The molecule has 2 aromatic heterocycles. The summed E-state index contributed by atoms with van der Waals surface area (Å²) < 4.78 is 4.33. The number of Topliss-reactive ketones (excluding diaryl/α,β-unsaturated/α-hetero) is 1. The zero-order chi connectivity index (χ0) is 24.0. The van der Waals surface area contributed by atoms with E-state index in [0.717, 1.165) is 36.2 Å². The Morgan fingerprint density at radius 1 is 1.15 bits per heavy atom. The molecule has 2 saturated heterocycles. The number of allylic oxidation sites excluding steroid dienone is 2. The second-order valence-corrected chi connectivity index (χ2v) is 9.47. The van der Waals surface area contributed by atoms with Gasteiger partial charge in [-0.15, -0.1) is 0 Å². The van der Waals surface area contributed by atoms with Crippen LogP contribution in [-0.2, 0) is 20.1 Å². The number of fused-ring (bicyclic) bond motifs is 2. The number of carbonyl (C=O) groups excluding carboxylic acids is 1. The lowest BCUT2D eigenvalue weighted by Gasteiger charge is -2.25. The van der Waals surface area contributed by atoms with Gasteiger partial charge in [-0.1, -0.05) is 42.0 Å². The molecule has 178 valence electrons. The molecule has 2 aliphatic rings. The Kier molecular flexibility index (Phi) is 5.73. The highest BCUT2D eigenvalue weighted by Gasteiger charge is 2.40. The van der Waals surface area contributed by atoms with Crippen molar-refractivity contribution < 1.29 is 4.79 Å². The SMILES string of the molecule is CC(C)=CCn1c(N2CC[C@H]3CNC[C@H]32)nc2c1c(=O)n(CC(=O)c1ccccc1)c(=O)n2C. The number of rotatable bonds is 6. The van der Waals surface area contributed by atoms with Gasteiger partial charge in [-0.05, 0) is 26.2 Å². The molecule has 0 radical (unpaired) electrons. The molecule has 9 heteroatoms. The van der Waals surface area contributed by atoms with Gasteiger partial charge in [0.1, 0.15) is 0 Å². The highest BCUT2D eigenvalue weighted by Crippen LogP contribution is 2.32. The zero-order valence-electron chi connectivity index (χ0n) is 19.8. The summed E-state index contributed by atoms with van der Waals surface area (Å²) in [5.74, 6) is 0.984. The number of nitrogens with one attached hydrogen (secondary N) is 1. The van der Waals surface area contributed by atoms with Crippen molar-refractivity contribution in [1.29, 1.82) is 0 Å². The first kappa shape index (κ1) is 22.3. The van der Waals surface area contributed by atoms with Crippen LogP contribution in [-0.4, -0.2) is 50.1 Å². The summed E-state index contributed by atoms with van der Waals surface area (Å²) in [5, 5.41) is 3.46. The van der Waals surface area contributed by atoms with E-state index in [0.29, 0.717) is 41.2 Å². The van der Waals surface area contributed by atoms with E-state index < -0.39 is 11.2 Å². The topological polar surface area (TPSA) is 94.2 Å². The molecule has 1 aromatic carbocycles. The summed E-state index contributed by atoms with van der Waals surface area (Å²) >= 11 is 0. The molecule has 3 aromatic rings. The van der Waals surface area contributed by atoms with Crippen LogP contribution < -0.4 is 21.5 Å². The first-order valence-corrected chi connectivity index (χ1v) is 11.8. The lowest BCUT2D eigenvalue weighted by Crippen LogP contribution is -2.41. The Balaban J connectivity index is 1.67. The summed E-state index contributed by atoms with van der Waals surface area (Å²) in [4.78, 5) is 46.8. The van der Waals surface area contributed by atoms with Gasteiger partial charge < -0.3 is 14.8 Å². The molecule has 1 N–H and O–H groups in total. The number of anilines is 1. The van der Waals surface area contributed by atoms with Gasteiger partial charge in [0.2, 0.25) is 5.95 Å². The van der Waals surface area contributed by atoms with E-state index in [4.69, 9.17) is 4.98 Å². The Hall–Kier alpha value is -3.46. The fourth-order valence-corrected chi connectivity index (χ4v) is 5.12. The number of imidazole rings is 1. The van der Waals surface area contributed by atoms with Gasteiger partial charge in [0.25, 0.3) is 5.56 Å². The molecule has 2 aliphatic heterocycles. The number of nitrogens with zero attached hydrogens (tertiary/aromatic N) is 5. The largest absolute Gasteiger partial charge is 0.338 e. The Morgan fingerprint density at radius 3 is 2.65 bits per heavy atom. The molecule has 0 spiro atoms. The number of ketones is 1. The van der Waals surface area contributed by atoms with Crippen LogP contribution in [0.1, 0.15) is 30.6 Å². The molecule has 9 nitrogen and oxygen atoms in total. The van der Waals surface area contributed by atoms with Crippen molar-refractivity contribution in [2.75, 3.05) is 24.5 Å². The first-order valence-electron chi connectivity index (χ1n) is 11.8. The lowest BCUT2D eigenvalue weighted by atomic mass is 10.1. The average molecular weight is 463 g/mol. The van der Waals surface area contributed by atoms with Crippen molar-refractivity contribution in [2.24, 2.45) is 13.0 Å². The van der Waals surface area contributed by atoms with E-state index >= 15 is 0 Å². The van der Waals surface area contributed by atoms with E-state index in [2.05, 4.69) is 16.3 Å². The molecule has 0 bridgehead atoms. The molecular weight excluding hydrogens is 432 g/mol. The van der Waals surface area contributed by atoms with Crippen LogP contribution >= 0.6 is 0 Å². The third kappa shape index (κ3) is 3.69. The van der Waals surface area contributed by atoms with Crippen molar-refractivity contribution in [3.05, 3.63) is 68.4 Å². The number of benzene rings is 1. The Labute approximate surface area is 197 Å². The van der Waals surface area contributed by atoms with Gasteiger partial charge >= 0.3 is 5.69 Å². The molecule has 34 heavy (non-hydrogen) atoms. The van der Waals surface area contributed by atoms with E-state index in [-0.39, 0.29) is 12.3 Å². The highest BCUT2D eigenvalue weighted by atomic mass is 16.2. The first-order chi connectivity index (χ1) is 16.4. The number of carbonyl (C=O) groups is 1. The second kappa shape index (κ2) is 8.72. The predicted octanol–water partition coefficient (Wildman–Crippen LogP) is 1.54. The Bertz CT molecular complexity index is 1390. The second-order valence-electron chi connectivity index (χ2n) is 9.47. The van der Waals surface area contributed by atoms with Crippen molar-refractivity contribution in [1.82, 2.24) is 24.0 Å². The summed E-state index contributed by atoms with van der Waals surface area (Å²) in [5.41, 5.74) is 1.27. The van der Waals surface area contributed by atoms with Crippen LogP contribution in [0, 0.1) is 5.92 Å². The molecular formula is C25H30N6O3. The van der Waals surface area contributed by atoms with E-state index in [1.54, 1.807) is 31.3 Å². The normalized spacial score (nSPS) is 19.6. The minimum Gasteiger partial charge on any atom is -0.338 e. The molecule has 2 atom stereocenters. The van der Waals surface area contributed by atoms with Gasteiger partial charge in [-0.3, -0.25) is 18.7 Å². The van der Waals surface area contributed by atoms with Crippen molar-refractivity contribution in [3.63, 3.8) is 0 Å². The summed E-state index contributed by atoms with van der Waals surface area (Å²) in [6.07, 6.45) is 3.12. The van der Waals surface area contributed by atoms with Gasteiger partial charge in [-0.2, -0.15) is 4.98 Å². The van der Waals surface area contributed by atoms with Crippen LogP contribution in [0.5, 0.6) is 0 Å². The average Bonchev–Trinajstić information content (AvgIpc) is 3.54. The minimum atomic E-state index is -0.540. The predicted molar refractivity (Wildman–Crippen MR) is 132 cm³/mol. The molecule has 0 aliphatic carbocycles. The molecule has 0 saturated carbocycles. The van der Waals surface area contributed by atoms with Gasteiger partial charge in [-0.25, -0.2) is 4.79 Å². The maximum atomic E-state index is 13.7. The van der Waals surface area contributed by atoms with Gasteiger partial charge in [0.05, 0.1) is 6.54 Å². The molecule has 0 amide bonds. The number of aromatic nitrogens is 4. The quantitative estimate of drug-likeness (QED) is 0.441. The minimum absolute atomic E-state index is 0.283. The van der Waals surface area contributed by atoms with Crippen LogP contribution in [0.15, 0.2) is 51.6 Å². The monoisotopic (exact) mass is 462 g/mol. The third-order valence-electron chi connectivity index (χ3n) is 6.99. The molecule has 0 unspecified atom stereocenters. The van der Waals surface area contributed by atoms with E-state index in [1.807, 2.05) is 24.5 Å². The lowest BCUT2D eigenvalue weighted by molar-refractivity contribution is 0.0969. The third-order valence-corrected chi connectivity index (χ3v) is 6.99. The van der Waals surface area contributed by atoms with Crippen LogP contribution in [0.2, 0.25) is 0 Å². The Morgan fingerprint density at radius 2 is 1.91 bits per heavy atom.